The molecular formula is C27H26Cl2F6N2O4S. The fourth-order valence-corrected chi connectivity index (χ4v) is 4.64. The molecule has 230 valence electrons. The Morgan fingerprint density at radius 2 is 1.31 bits per heavy atom. The molecule has 42 heavy (non-hydrogen) atoms. The summed E-state index contributed by atoms with van der Waals surface area (Å²) in [5, 5.41) is 19.1. The molecule has 3 N–H and O–H groups in total. The van der Waals surface area contributed by atoms with Crippen molar-refractivity contribution in [2.24, 2.45) is 0 Å². The molecule has 15 heteroatoms. The van der Waals surface area contributed by atoms with Crippen molar-refractivity contribution in [3.8, 4) is 0 Å². The largest absolute Gasteiger partial charge is 0.490 e. The van der Waals surface area contributed by atoms with Gasteiger partial charge in [-0.25, -0.2) is 9.59 Å². The predicted octanol–water partition coefficient (Wildman–Crippen LogP) is 8.03. The Balaban J connectivity index is 0.000000522. The van der Waals surface area contributed by atoms with Crippen LogP contribution in [0.1, 0.15) is 12.0 Å². The van der Waals surface area contributed by atoms with Crippen LogP contribution in [-0.4, -0.2) is 54.6 Å². The van der Waals surface area contributed by atoms with E-state index in [4.69, 9.17) is 43.0 Å². The molecule has 0 spiro atoms. The van der Waals surface area contributed by atoms with Crippen LogP contribution in [0.2, 0.25) is 10.0 Å². The number of rotatable bonds is 9. The standard InChI is InChI=1S/C23H24Cl2N2S.2C2HF3O2/c1-27(21-9-3-2-4-10-21)13-7-12-26-17-18-8-5-6-11-23(18)28-22-15-19(24)14-20(25)16-22;2*3-2(4,5)1(6)7/h2-6,8-11,14-16,26H,7,12-13,17H2,1H3;2*(H,6,7). The summed E-state index contributed by atoms with van der Waals surface area (Å²) in [5.41, 5.74) is 2.53. The number of benzene rings is 3. The van der Waals surface area contributed by atoms with Crippen molar-refractivity contribution in [1.29, 1.82) is 0 Å². The number of alkyl halides is 6. The molecular weight excluding hydrogens is 633 g/mol. The second-order valence-electron chi connectivity index (χ2n) is 8.21. The van der Waals surface area contributed by atoms with Gasteiger partial charge in [0.15, 0.2) is 0 Å². The number of carboxylic acid groups (broad SMARTS) is 2. The zero-order valence-corrected chi connectivity index (χ0v) is 24.2. The van der Waals surface area contributed by atoms with E-state index in [2.05, 4.69) is 65.8 Å². The molecule has 0 aliphatic heterocycles. The molecule has 0 saturated carbocycles. The molecule has 0 amide bonds. The molecule has 0 saturated heterocycles. The van der Waals surface area contributed by atoms with Crippen LogP contribution in [0.4, 0.5) is 32.0 Å². The van der Waals surface area contributed by atoms with Crippen molar-refractivity contribution in [1.82, 2.24) is 5.32 Å². The minimum atomic E-state index is -5.08. The summed E-state index contributed by atoms with van der Waals surface area (Å²) in [6.07, 6.45) is -9.08. The molecule has 0 atom stereocenters. The molecule has 0 bridgehead atoms. The molecule has 0 aromatic heterocycles. The molecule has 0 fully saturated rings. The first-order chi connectivity index (χ1) is 19.5. The van der Waals surface area contributed by atoms with Crippen molar-refractivity contribution >= 4 is 52.6 Å². The SMILES string of the molecule is CN(CCCNCc1ccccc1Sc1cc(Cl)cc(Cl)c1)c1ccccc1.O=C(O)C(F)(F)F.O=C(O)C(F)(F)F. The maximum atomic E-state index is 10.6. The van der Waals surface area contributed by atoms with Crippen LogP contribution in [0, 0.1) is 0 Å². The second kappa shape index (κ2) is 17.7. The first-order valence-electron chi connectivity index (χ1n) is 11.8. The van der Waals surface area contributed by atoms with Gasteiger partial charge in [-0.2, -0.15) is 26.3 Å². The third-order valence-electron chi connectivity index (χ3n) is 4.88. The third-order valence-corrected chi connectivity index (χ3v) is 6.41. The van der Waals surface area contributed by atoms with Crippen molar-refractivity contribution in [2.45, 2.75) is 35.1 Å². The normalized spacial score (nSPS) is 11.0. The first kappa shape index (κ1) is 36.9. The van der Waals surface area contributed by atoms with Crippen molar-refractivity contribution < 1.29 is 46.1 Å². The summed E-state index contributed by atoms with van der Waals surface area (Å²) in [6.45, 7) is 2.83. The highest BCUT2D eigenvalue weighted by Crippen LogP contribution is 2.34. The van der Waals surface area contributed by atoms with E-state index in [0.29, 0.717) is 10.0 Å². The van der Waals surface area contributed by atoms with Crippen molar-refractivity contribution in [3.63, 3.8) is 0 Å². The van der Waals surface area contributed by atoms with Gasteiger partial charge in [-0.15, -0.1) is 0 Å². The van der Waals surface area contributed by atoms with Gasteiger partial charge in [0.1, 0.15) is 0 Å². The van der Waals surface area contributed by atoms with E-state index in [-0.39, 0.29) is 0 Å². The van der Waals surface area contributed by atoms with E-state index < -0.39 is 24.3 Å². The Morgan fingerprint density at radius 1 is 0.833 bits per heavy atom. The number of hydrogen-bond donors (Lipinski definition) is 3. The number of anilines is 1. The van der Waals surface area contributed by atoms with Crippen LogP contribution >= 0.6 is 35.0 Å². The Hall–Kier alpha value is -3.13. The Kier molecular flexibility index (Phi) is 15.6. The van der Waals surface area contributed by atoms with Gasteiger partial charge >= 0.3 is 24.3 Å². The van der Waals surface area contributed by atoms with Gasteiger partial charge in [0.2, 0.25) is 0 Å². The number of para-hydroxylation sites is 1. The summed E-state index contributed by atoms with van der Waals surface area (Å²) >= 11 is 14.0. The highest BCUT2D eigenvalue weighted by Gasteiger charge is 2.38. The Morgan fingerprint density at radius 3 is 1.81 bits per heavy atom. The van der Waals surface area contributed by atoms with Gasteiger partial charge in [-0.05, 0) is 54.9 Å². The van der Waals surface area contributed by atoms with Crippen molar-refractivity contribution in [2.75, 3.05) is 25.0 Å². The van der Waals surface area contributed by atoms with E-state index in [1.807, 2.05) is 18.2 Å². The lowest BCUT2D eigenvalue weighted by Crippen LogP contribution is -2.23. The van der Waals surface area contributed by atoms with Crippen LogP contribution in [0.15, 0.2) is 82.6 Å². The molecule has 6 nitrogen and oxygen atoms in total. The van der Waals surface area contributed by atoms with Gasteiger partial charge < -0.3 is 20.4 Å². The number of aliphatic carboxylic acids is 2. The molecule has 3 aromatic rings. The lowest BCUT2D eigenvalue weighted by Gasteiger charge is -2.19. The topological polar surface area (TPSA) is 89.9 Å². The fourth-order valence-electron chi connectivity index (χ4n) is 2.94. The van der Waals surface area contributed by atoms with Crippen LogP contribution in [0.3, 0.4) is 0 Å². The highest BCUT2D eigenvalue weighted by atomic mass is 35.5. The molecule has 0 aliphatic carbocycles. The highest BCUT2D eigenvalue weighted by molar-refractivity contribution is 7.99. The number of hydrogen-bond acceptors (Lipinski definition) is 5. The van der Waals surface area contributed by atoms with Gasteiger partial charge in [0.05, 0.1) is 0 Å². The molecule has 3 rings (SSSR count). The first-order valence-corrected chi connectivity index (χ1v) is 13.4. The van der Waals surface area contributed by atoms with Crippen LogP contribution in [0.25, 0.3) is 0 Å². The number of nitrogens with zero attached hydrogens (tertiary/aromatic N) is 1. The monoisotopic (exact) mass is 658 g/mol. The van der Waals surface area contributed by atoms with E-state index in [9.17, 15) is 26.3 Å². The van der Waals surface area contributed by atoms with Gasteiger partial charge in [-0.3, -0.25) is 0 Å². The number of nitrogens with one attached hydrogen (secondary N) is 1. The van der Waals surface area contributed by atoms with Crippen LogP contribution in [-0.2, 0) is 16.1 Å². The molecule has 0 aliphatic rings. The van der Waals surface area contributed by atoms with Crippen LogP contribution in [0.5, 0.6) is 0 Å². The predicted molar refractivity (Wildman–Crippen MR) is 150 cm³/mol. The quantitative estimate of drug-likeness (QED) is 0.158. The molecule has 0 heterocycles. The maximum absolute atomic E-state index is 10.6. The third kappa shape index (κ3) is 15.2. The lowest BCUT2D eigenvalue weighted by atomic mass is 10.2. The van der Waals surface area contributed by atoms with E-state index in [1.165, 1.54) is 16.1 Å². The summed E-state index contributed by atoms with van der Waals surface area (Å²) in [4.78, 5) is 22.3. The smallest absolute Gasteiger partial charge is 0.475 e. The number of carbonyl (C=O) groups is 2. The average Bonchev–Trinajstić information content (AvgIpc) is 2.89. The lowest BCUT2D eigenvalue weighted by molar-refractivity contribution is -0.193. The summed E-state index contributed by atoms with van der Waals surface area (Å²) in [7, 11) is 2.14. The molecule has 3 aromatic carbocycles. The fraction of sp³-hybridized carbons (Fsp3) is 0.259. The van der Waals surface area contributed by atoms with Gasteiger partial charge in [0.25, 0.3) is 0 Å². The van der Waals surface area contributed by atoms with Gasteiger partial charge in [-0.1, -0.05) is 71.4 Å². The Bertz CT molecular complexity index is 1240. The zero-order chi connectivity index (χ0) is 31.9. The summed E-state index contributed by atoms with van der Waals surface area (Å²) < 4.78 is 63.5. The second-order valence-corrected chi connectivity index (χ2v) is 10.2. The minimum absolute atomic E-state index is 0.660. The maximum Gasteiger partial charge on any atom is 0.490 e. The van der Waals surface area contributed by atoms with E-state index in [1.54, 1.807) is 17.8 Å². The van der Waals surface area contributed by atoms with E-state index >= 15 is 0 Å². The van der Waals surface area contributed by atoms with E-state index in [0.717, 1.165) is 31.0 Å². The summed E-state index contributed by atoms with van der Waals surface area (Å²) in [5.74, 6) is -5.51. The number of carboxylic acids is 2. The summed E-state index contributed by atoms with van der Waals surface area (Å²) in [6, 6.07) is 24.6. The number of halogens is 8. The van der Waals surface area contributed by atoms with Gasteiger partial charge in [0, 0.05) is 45.7 Å². The van der Waals surface area contributed by atoms with Crippen LogP contribution < -0.4 is 10.2 Å². The Labute approximate surface area is 252 Å². The zero-order valence-electron chi connectivity index (χ0n) is 21.8. The minimum Gasteiger partial charge on any atom is -0.475 e. The van der Waals surface area contributed by atoms with Crippen molar-refractivity contribution in [3.05, 3.63) is 88.4 Å². The molecule has 0 unspecified atom stereocenters. The molecule has 0 radical (unpaired) electrons. The average molecular weight is 659 g/mol.